The molecule has 3 aromatic rings. The highest BCUT2D eigenvalue weighted by atomic mass is 32.2. The van der Waals surface area contributed by atoms with E-state index in [0.29, 0.717) is 37.4 Å². The number of ketones is 1. The topological polar surface area (TPSA) is 86.8 Å². The van der Waals surface area contributed by atoms with Crippen molar-refractivity contribution in [2.45, 2.75) is 24.8 Å². The zero-order valence-corrected chi connectivity index (χ0v) is 19.5. The van der Waals surface area contributed by atoms with Crippen molar-refractivity contribution in [2.24, 2.45) is 0 Å². The average Bonchev–Trinajstić information content (AvgIpc) is 2.83. The molecule has 0 bridgehead atoms. The number of hydrogen-bond acceptors (Lipinski definition) is 5. The maximum Gasteiger partial charge on any atom is 0.243 e. The van der Waals surface area contributed by atoms with E-state index in [1.165, 1.54) is 11.2 Å². The lowest BCUT2D eigenvalue weighted by Crippen LogP contribution is -2.53. The molecule has 1 fully saturated rings. The molecule has 1 heterocycles. The molecule has 1 aliphatic rings. The Bertz CT molecular complexity index is 1300. The van der Waals surface area contributed by atoms with Crippen LogP contribution < -0.4 is 5.32 Å². The van der Waals surface area contributed by atoms with Crippen LogP contribution in [0.1, 0.15) is 24.2 Å². The van der Waals surface area contributed by atoms with Gasteiger partial charge in [0.2, 0.25) is 15.9 Å². The zero-order chi connectivity index (χ0) is 23.6. The molecule has 0 radical (unpaired) electrons. The van der Waals surface area contributed by atoms with Crippen LogP contribution in [-0.2, 0) is 14.8 Å². The van der Waals surface area contributed by atoms with Crippen LogP contribution in [0.2, 0.25) is 0 Å². The number of Topliss-reactive ketones (excluding diaryl/α,β-unsaturated/α-hetero) is 1. The van der Waals surface area contributed by atoms with Gasteiger partial charge in [0.05, 0.1) is 10.9 Å². The van der Waals surface area contributed by atoms with E-state index in [4.69, 9.17) is 0 Å². The lowest BCUT2D eigenvalue weighted by Gasteiger charge is -2.36. The average molecular weight is 466 g/mol. The molecule has 4 rings (SSSR count). The smallest absolute Gasteiger partial charge is 0.243 e. The van der Waals surface area contributed by atoms with Crippen LogP contribution in [0, 0.1) is 0 Å². The summed E-state index contributed by atoms with van der Waals surface area (Å²) in [6.07, 6.45) is 0. The molecule has 172 valence electrons. The van der Waals surface area contributed by atoms with Crippen LogP contribution in [0.5, 0.6) is 0 Å². The molecule has 0 spiro atoms. The number of carbonyl (C=O) groups is 2. The Balaban J connectivity index is 1.39. The number of nitrogens with zero attached hydrogens (tertiary/aromatic N) is 2. The Kier molecular flexibility index (Phi) is 6.60. The maximum atomic E-state index is 13.2. The van der Waals surface area contributed by atoms with Gasteiger partial charge >= 0.3 is 0 Å². The Hall–Kier alpha value is -3.07. The standard InChI is InChI=1S/C25H27N3O4S/c1-18(25(30)26-23-9-5-8-21(16-23)19(2)29)27-12-14-28(15-13-27)33(31,32)24-11-10-20-6-3-4-7-22(20)17-24/h3-11,16-18H,12-15H2,1-2H3,(H,26,30)/t18-/m0/s1. The Morgan fingerprint density at radius 2 is 1.58 bits per heavy atom. The van der Waals surface area contributed by atoms with Gasteiger partial charge in [-0.15, -0.1) is 0 Å². The first kappa shape index (κ1) is 23.1. The first-order valence-electron chi connectivity index (χ1n) is 10.9. The fourth-order valence-corrected chi connectivity index (χ4v) is 5.49. The predicted octanol–water partition coefficient (Wildman–Crippen LogP) is 3.38. The van der Waals surface area contributed by atoms with Gasteiger partial charge in [0.1, 0.15) is 0 Å². The van der Waals surface area contributed by atoms with E-state index in [1.54, 1.807) is 43.3 Å². The number of fused-ring (bicyclic) bond motifs is 1. The van der Waals surface area contributed by atoms with Crippen molar-refractivity contribution in [1.29, 1.82) is 0 Å². The minimum atomic E-state index is -3.61. The van der Waals surface area contributed by atoms with Crippen molar-refractivity contribution < 1.29 is 18.0 Å². The molecule has 33 heavy (non-hydrogen) atoms. The molecule has 7 nitrogen and oxygen atoms in total. The van der Waals surface area contributed by atoms with Crippen LogP contribution in [-0.4, -0.2) is 61.5 Å². The molecule has 1 N–H and O–H groups in total. The predicted molar refractivity (Wildman–Crippen MR) is 129 cm³/mol. The van der Waals surface area contributed by atoms with Gasteiger partial charge in [0.25, 0.3) is 0 Å². The molecule has 0 aliphatic carbocycles. The van der Waals surface area contributed by atoms with E-state index < -0.39 is 16.1 Å². The van der Waals surface area contributed by atoms with Gasteiger partial charge in [-0.05, 0) is 48.9 Å². The van der Waals surface area contributed by atoms with E-state index in [1.807, 2.05) is 35.2 Å². The summed E-state index contributed by atoms with van der Waals surface area (Å²) in [6.45, 7) is 4.82. The third kappa shape index (κ3) is 4.98. The van der Waals surface area contributed by atoms with Crippen molar-refractivity contribution in [3.05, 3.63) is 72.3 Å². The van der Waals surface area contributed by atoms with Crippen molar-refractivity contribution in [3.8, 4) is 0 Å². The number of amides is 1. The van der Waals surface area contributed by atoms with Gasteiger partial charge in [-0.2, -0.15) is 4.31 Å². The zero-order valence-electron chi connectivity index (χ0n) is 18.7. The second-order valence-electron chi connectivity index (χ2n) is 8.25. The summed E-state index contributed by atoms with van der Waals surface area (Å²) in [5.41, 5.74) is 1.10. The highest BCUT2D eigenvalue weighted by Gasteiger charge is 2.32. The molecular weight excluding hydrogens is 438 g/mol. The lowest BCUT2D eigenvalue weighted by atomic mass is 10.1. The second-order valence-corrected chi connectivity index (χ2v) is 10.2. The van der Waals surface area contributed by atoms with Crippen LogP contribution in [0.4, 0.5) is 5.69 Å². The van der Waals surface area contributed by atoms with E-state index in [2.05, 4.69) is 5.32 Å². The Morgan fingerprint density at radius 1 is 0.879 bits per heavy atom. The van der Waals surface area contributed by atoms with Crippen molar-refractivity contribution in [2.75, 3.05) is 31.5 Å². The molecular formula is C25H27N3O4S. The number of nitrogens with one attached hydrogen (secondary N) is 1. The van der Waals surface area contributed by atoms with E-state index in [9.17, 15) is 18.0 Å². The highest BCUT2D eigenvalue weighted by molar-refractivity contribution is 7.89. The van der Waals surface area contributed by atoms with Crippen LogP contribution in [0.3, 0.4) is 0 Å². The SMILES string of the molecule is CC(=O)c1cccc(NC(=O)[C@H](C)N2CCN(S(=O)(=O)c3ccc4ccccc4c3)CC2)c1. The molecule has 8 heteroatoms. The van der Waals surface area contributed by atoms with E-state index in [0.717, 1.165) is 10.8 Å². The monoisotopic (exact) mass is 465 g/mol. The van der Waals surface area contributed by atoms with Gasteiger partial charge in [-0.3, -0.25) is 14.5 Å². The molecule has 1 atom stereocenters. The minimum Gasteiger partial charge on any atom is -0.325 e. The largest absolute Gasteiger partial charge is 0.325 e. The van der Waals surface area contributed by atoms with Gasteiger partial charge < -0.3 is 5.32 Å². The molecule has 1 aliphatic heterocycles. The summed E-state index contributed by atoms with van der Waals surface area (Å²) >= 11 is 0. The first-order chi connectivity index (χ1) is 15.8. The summed E-state index contributed by atoms with van der Waals surface area (Å²) in [7, 11) is -3.61. The molecule has 0 unspecified atom stereocenters. The fourth-order valence-electron chi connectivity index (χ4n) is 4.04. The fraction of sp³-hybridized carbons (Fsp3) is 0.280. The quantitative estimate of drug-likeness (QED) is 0.564. The molecule has 1 amide bonds. The van der Waals surface area contributed by atoms with Gasteiger partial charge in [0, 0.05) is 37.4 Å². The number of rotatable bonds is 6. The molecule has 3 aromatic carbocycles. The van der Waals surface area contributed by atoms with E-state index >= 15 is 0 Å². The maximum absolute atomic E-state index is 13.2. The van der Waals surface area contributed by atoms with Gasteiger partial charge in [-0.25, -0.2) is 8.42 Å². The van der Waals surface area contributed by atoms with Crippen molar-refractivity contribution >= 4 is 38.2 Å². The highest BCUT2D eigenvalue weighted by Crippen LogP contribution is 2.23. The Labute approximate surface area is 194 Å². The molecule has 0 saturated carbocycles. The summed E-state index contributed by atoms with van der Waals surface area (Å²) in [5.74, 6) is -0.260. The molecule has 0 aromatic heterocycles. The number of sulfonamides is 1. The normalized spacial score (nSPS) is 16.4. The van der Waals surface area contributed by atoms with Gasteiger partial charge in [-0.1, -0.05) is 42.5 Å². The summed E-state index contributed by atoms with van der Waals surface area (Å²) in [5, 5.41) is 4.73. The summed E-state index contributed by atoms with van der Waals surface area (Å²) in [6, 6.07) is 19.2. The number of carbonyl (C=O) groups excluding carboxylic acids is 2. The first-order valence-corrected chi connectivity index (χ1v) is 12.3. The van der Waals surface area contributed by atoms with Crippen LogP contribution >= 0.6 is 0 Å². The minimum absolute atomic E-state index is 0.0668. The van der Waals surface area contributed by atoms with E-state index in [-0.39, 0.29) is 16.6 Å². The summed E-state index contributed by atoms with van der Waals surface area (Å²) < 4.78 is 27.8. The second kappa shape index (κ2) is 9.43. The van der Waals surface area contributed by atoms with Crippen LogP contribution in [0.15, 0.2) is 71.6 Å². The van der Waals surface area contributed by atoms with Crippen molar-refractivity contribution in [3.63, 3.8) is 0 Å². The van der Waals surface area contributed by atoms with Gasteiger partial charge in [0.15, 0.2) is 5.78 Å². The van der Waals surface area contributed by atoms with Crippen LogP contribution in [0.25, 0.3) is 10.8 Å². The number of hydrogen-bond donors (Lipinski definition) is 1. The van der Waals surface area contributed by atoms with Crippen molar-refractivity contribution in [1.82, 2.24) is 9.21 Å². The lowest BCUT2D eigenvalue weighted by molar-refractivity contribution is -0.121. The number of anilines is 1. The number of benzene rings is 3. The Morgan fingerprint density at radius 3 is 2.27 bits per heavy atom. The molecule has 1 saturated heterocycles. The third-order valence-electron chi connectivity index (χ3n) is 6.10. The number of piperazine rings is 1. The third-order valence-corrected chi connectivity index (χ3v) is 7.99. The summed E-state index contributed by atoms with van der Waals surface area (Å²) in [4.78, 5) is 26.6.